The van der Waals surface area contributed by atoms with Crippen molar-refractivity contribution in [3.05, 3.63) is 373 Å². The van der Waals surface area contributed by atoms with Gasteiger partial charge in [-0.1, -0.05) is 179 Å². The number of aliphatic hydroxyl groups is 4. The number of aliphatic hydroxyl groups excluding tert-OH is 4. The molecule has 0 amide bonds. The number of phenolic OH excluding ortho intramolecular Hbond substituents is 8. The Labute approximate surface area is 845 Å². The van der Waals surface area contributed by atoms with Crippen molar-refractivity contribution in [2.45, 2.75) is 202 Å². The van der Waals surface area contributed by atoms with Crippen LogP contribution in [-0.4, -0.2) is 161 Å². The zero-order chi connectivity index (χ0) is 103. The van der Waals surface area contributed by atoms with E-state index in [1.165, 1.54) is 0 Å². The molecular formula is C120H132N4O21. The molecule has 758 valence electrons. The van der Waals surface area contributed by atoms with Gasteiger partial charge in [-0.05, 0) is 250 Å². The number of hydrogen-bond donors (Lipinski definition) is 12. The van der Waals surface area contributed by atoms with Crippen LogP contribution in [0, 0.1) is 20.8 Å². The van der Waals surface area contributed by atoms with E-state index in [-0.39, 0.29) is 105 Å². The summed E-state index contributed by atoms with van der Waals surface area (Å²) in [6.45, 7) is 14.8. The molecule has 4 atom stereocenters. The molecule has 4 aromatic heterocycles. The highest BCUT2D eigenvalue weighted by Gasteiger charge is 2.26. The number of aryl methyl sites for hydroxylation is 7. The van der Waals surface area contributed by atoms with E-state index in [9.17, 15) is 80.5 Å². The van der Waals surface area contributed by atoms with Crippen LogP contribution in [0.4, 0.5) is 0 Å². The molecule has 0 aliphatic carbocycles. The number of rotatable bonds is 41. The Balaban J connectivity index is 0.000000162. The minimum Gasteiger partial charge on any atom is -0.507 e. The largest absolute Gasteiger partial charge is 0.507 e. The number of unbranched alkanes of at least 4 members (excludes halogenated alkanes) is 4. The molecule has 0 saturated heterocycles. The van der Waals surface area contributed by atoms with Gasteiger partial charge in [-0.15, -0.1) is 0 Å². The van der Waals surface area contributed by atoms with Gasteiger partial charge < -0.3 is 103 Å². The van der Waals surface area contributed by atoms with Gasteiger partial charge in [0.1, 0.15) is 78.2 Å². The van der Waals surface area contributed by atoms with E-state index in [4.69, 9.17) is 23.7 Å². The van der Waals surface area contributed by atoms with Crippen molar-refractivity contribution in [3.63, 3.8) is 0 Å². The quantitative estimate of drug-likeness (QED) is 0.0125. The predicted molar refractivity (Wildman–Crippen MR) is 564 cm³/mol. The monoisotopic (exact) mass is 1960 g/mol. The van der Waals surface area contributed by atoms with E-state index >= 15 is 0 Å². The van der Waals surface area contributed by atoms with Crippen molar-refractivity contribution in [2.75, 3.05) is 33.5 Å². The van der Waals surface area contributed by atoms with Crippen LogP contribution in [0.15, 0.2) is 267 Å². The molecule has 145 heavy (non-hydrogen) atoms. The zero-order valence-electron chi connectivity index (χ0n) is 83.5. The van der Waals surface area contributed by atoms with E-state index in [0.29, 0.717) is 69.5 Å². The number of para-hydroxylation sites is 4. The van der Waals surface area contributed by atoms with Gasteiger partial charge in [-0.3, -0.25) is 0 Å². The summed E-state index contributed by atoms with van der Waals surface area (Å²) in [5.74, 6) is -0.704. The molecule has 4 heterocycles. The average molecular weight is 1970 g/mol. The Hall–Kier alpha value is -15.3. The van der Waals surface area contributed by atoms with Crippen LogP contribution < -0.4 is 4.74 Å². The third-order valence-electron chi connectivity index (χ3n) is 25.7. The van der Waals surface area contributed by atoms with Crippen LogP contribution in [0.1, 0.15) is 204 Å². The standard InChI is InChI=1S/C30H33NO6.3C30H33NO5/c1-3-4-7-20-14-28(33)26(29(34)15-20)18-31-17-22(25-8-5-6-9-27(25)31)16-23(32)19-37-30(35)21-10-12-24(36-2)13-11-21;2*1-3-4-9-21-14-28(33)26(29(34)15-21)18-31-17-23(25-11-5-6-12-27(25)31)16-24(32)19-36-30(35)22-10-7-8-20(2)13-22;1-3-4-7-21-14-28(33)26(29(34)15-21)18-31-17-23(25-8-5-6-9-27(25)31)16-24(32)19-36-30(35)22-12-10-20(2)11-13-22/h5-6,8-15,17,23,32-34H,3-4,7,16,18-19H2,1-2H3;2*5-8,10-15,17,24,32-34H,3-4,9,16,18-19H2,1-2H3;5-6,8-15,17,24,32-34H,3-4,7,16,18-19H2,1-2H3/t23-;3*24-/m0000/s1. The lowest BCUT2D eigenvalue weighted by Gasteiger charge is -2.12. The smallest absolute Gasteiger partial charge is 0.338 e. The molecule has 16 rings (SSSR count). The van der Waals surface area contributed by atoms with Crippen LogP contribution in [0.2, 0.25) is 0 Å². The second-order valence-electron chi connectivity index (χ2n) is 37.2. The summed E-state index contributed by atoms with van der Waals surface area (Å²) in [7, 11) is 1.55. The molecule has 0 saturated carbocycles. The molecule has 0 spiro atoms. The van der Waals surface area contributed by atoms with Crippen molar-refractivity contribution in [2.24, 2.45) is 0 Å². The van der Waals surface area contributed by atoms with E-state index in [2.05, 4.69) is 27.7 Å². The number of aromatic nitrogens is 4. The summed E-state index contributed by atoms with van der Waals surface area (Å²) in [4.78, 5) is 49.3. The third-order valence-corrected chi connectivity index (χ3v) is 25.7. The van der Waals surface area contributed by atoms with Gasteiger partial charge in [-0.25, -0.2) is 19.2 Å². The molecule has 0 unspecified atom stereocenters. The second-order valence-corrected chi connectivity index (χ2v) is 37.2. The molecule has 0 aliphatic heterocycles. The van der Waals surface area contributed by atoms with Crippen molar-refractivity contribution < 1.29 is 104 Å². The van der Waals surface area contributed by atoms with Gasteiger partial charge in [0.15, 0.2) is 0 Å². The number of fused-ring (bicyclic) bond motifs is 4. The summed E-state index contributed by atoms with van der Waals surface area (Å²) in [6.07, 6.45) is 16.6. The highest BCUT2D eigenvalue weighted by Crippen LogP contribution is 2.39. The first-order valence-corrected chi connectivity index (χ1v) is 49.6. The second kappa shape index (κ2) is 51.6. The first-order valence-electron chi connectivity index (χ1n) is 49.6. The number of carbonyl (C=O) groups excluding carboxylic acids is 4. The molecule has 25 nitrogen and oxygen atoms in total. The van der Waals surface area contributed by atoms with E-state index < -0.39 is 48.3 Å². The molecule has 0 bridgehead atoms. The Kier molecular flexibility index (Phi) is 38.1. The Morgan fingerprint density at radius 1 is 0.276 bits per heavy atom. The molecule has 0 aliphatic rings. The molecule has 12 aromatic carbocycles. The van der Waals surface area contributed by atoms with Crippen molar-refractivity contribution in [1.29, 1.82) is 0 Å². The van der Waals surface area contributed by atoms with Crippen molar-refractivity contribution in [1.82, 2.24) is 18.3 Å². The van der Waals surface area contributed by atoms with Gasteiger partial charge in [0, 0.05) is 94.1 Å². The highest BCUT2D eigenvalue weighted by atomic mass is 16.6. The highest BCUT2D eigenvalue weighted by molar-refractivity contribution is 5.92. The number of carbonyl (C=O) groups is 4. The maximum Gasteiger partial charge on any atom is 0.338 e. The fraction of sp³-hybridized carbons (Fsp3) is 0.300. The lowest BCUT2D eigenvalue weighted by Crippen LogP contribution is -2.21. The number of methoxy groups -OCH3 is 1. The third kappa shape index (κ3) is 29.1. The van der Waals surface area contributed by atoms with Crippen LogP contribution >= 0.6 is 0 Å². The number of hydrogen-bond acceptors (Lipinski definition) is 21. The fourth-order valence-corrected chi connectivity index (χ4v) is 17.9. The van der Waals surface area contributed by atoms with Gasteiger partial charge in [-0.2, -0.15) is 0 Å². The lowest BCUT2D eigenvalue weighted by molar-refractivity contribution is 0.0256. The number of ether oxygens (including phenoxy) is 5. The first-order chi connectivity index (χ1) is 69.9. The van der Waals surface area contributed by atoms with Gasteiger partial charge in [0.2, 0.25) is 0 Å². The molecule has 12 N–H and O–H groups in total. The average Bonchev–Trinajstić information content (AvgIpc) is 1.60. The summed E-state index contributed by atoms with van der Waals surface area (Å²) < 4.78 is 34.2. The Bertz CT molecular complexity index is 6790. The normalized spacial score (nSPS) is 12.1. The van der Waals surface area contributed by atoms with E-state index in [1.807, 2.05) is 185 Å². The van der Waals surface area contributed by atoms with E-state index in [0.717, 1.165) is 182 Å². The molecular weight excluding hydrogens is 1830 g/mol. The van der Waals surface area contributed by atoms with Gasteiger partial charge in [0.25, 0.3) is 0 Å². The van der Waals surface area contributed by atoms with Gasteiger partial charge >= 0.3 is 23.9 Å². The number of benzene rings is 12. The minimum absolute atomic E-state index is 0.0657. The zero-order valence-corrected chi connectivity index (χ0v) is 83.5. The van der Waals surface area contributed by atoms with Crippen LogP contribution in [-0.2, 0) is 96.5 Å². The van der Waals surface area contributed by atoms with Gasteiger partial charge in [0.05, 0.1) is 102 Å². The van der Waals surface area contributed by atoms with E-state index in [1.54, 1.807) is 128 Å². The summed E-state index contributed by atoms with van der Waals surface area (Å²) in [5.41, 5.74) is 17.4. The van der Waals surface area contributed by atoms with Crippen molar-refractivity contribution >= 4 is 67.5 Å². The summed E-state index contributed by atoms with van der Waals surface area (Å²) in [6, 6.07) is 72.9. The maximum absolute atomic E-state index is 12.3. The predicted octanol–water partition coefficient (Wildman–Crippen LogP) is 21.7. The number of nitrogens with zero attached hydrogens (tertiary/aromatic N) is 4. The SMILES string of the molecule is CCCCc1cc(O)c(Cn2cc(C[C@H](O)COC(=O)c3ccc(C)cc3)c3ccccc32)c(O)c1.CCCCc1cc(O)c(Cn2cc(C[C@H](O)COC(=O)c3ccc(OC)cc3)c3ccccc32)c(O)c1.CCCCc1cc(O)c(Cn2cc(C[C@H](O)COC(=O)c3cccc(C)c3)c3ccccc32)c(O)c1.CCCCc1cc(O)c(Cn2cc(C[C@H](O)COC(=O)c3cccc(C)c3)c3ccccc32)c(O)c1. The Morgan fingerprint density at radius 2 is 0.510 bits per heavy atom. The number of phenols is 8. The number of aromatic hydroxyl groups is 8. The Morgan fingerprint density at radius 3 is 0.745 bits per heavy atom. The van der Waals surface area contributed by atoms with Crippen LogP contribution in [0.25, 0.3) is 43.6 Å². The lowest BCUT2D eigenvalue weighted by atomic mass is 10.0. The van der Waals surface area contributed by atoms with Crippen LogP contribution in [0.5, 0.6) is 51.7 Å². The number of esters is 4. The topological polar surface area (TPSA) is 377 Å². The summed E-state index contributed by atoms with van der Waals surface area (Å²) in [5, 5.41) is 131. The fourth-order valence-electron chi connectivity index (χ4n) is 17.9. The first kappa shape index (κ1) is 107. The molecule has 0 fully saturated rings. The molecule has 0 radical (unpaired) electrons. The molecule has 25 heteroatoms. The maximum atomic E-state index is 12.3. The van der Waals surface area contributed by atoms with Crippen molar-refractivity contribution in [3.8, 4) is 51.7 Å². The minimum atomic E-state index is -0.902. The molecule has 16 aromatic rings. The summed E-state index contributed by atoms with van der Waals surface area (Å²) >= 11 is 0. The van der Waals surface area contributed by atoms with Crippen LogP contribution in [0.3, 0.4) is 0 Å².